The van der Waals surface area contributed by atoms with Crippen molar-refractivity contribution in [1.82, 2.24) is 25.0 Å². The van der Waals surface area contributed by atoms with E-state index < -0.39 is 11.9 Å². The summed E-state index contributed by atoms with van der Waals surface area (Å²) in [5, 5.41) is 18.0. The van der Waals surface area contributed by atoms with Gasteiger partial charge in [0, 0.05) is 44.3 Å². The second kappa shape index (κ2) is 12.6. The molecule has 11 nitrogen and oxygen atoms in total. The number of anilines is 1. The van der Waals surface area contributed by atoms with E-state index in [0.29, 0.717) is 55.5 Å². The Hall–Kier alpha value is -3.75. The van der Waals surface area contributed by atoms with Crippen molar-refractivity contribution in [2.45, 2.75) is 38.1 Å². The highest BCUT2D eigenvalue weighted by Crippen LogP contribution is 2.29. The van der Waals surface area contributed by atoms with Crippen molar-refractivity contribution in [3.8, 4) is 6.07 Å². The minimum Gasteiger partial charge on any atom is -0.378 e. The van der Waals surface area contributed by atoms with E-state index in [1.54, 1.807) is 22.1 Å². The largest absolute Gasteiger partial charge is 0.378 e. The lowest BCUT2D eigenvalue weighted by atomic mass is 10.1. The number of hydrogen-bond acceptors (Lipinski definition) is 7. The molecule has 0 spiro atoms. The molecular formula is C28H34ClN7O4. The molecule has 3 saturated heterocycles. The highest BCUT2D eigenvalue weighted by Gasteiger charge is 2.32. The van der Waals surface area contributed by atoms with Crippen LogP contribution < -0.4 is 10.6 Å². The Morgan fingerprint density at radius 1 is 1.07 bits per heavy atom. The normalized spacial score (nSPS) is 20.6. The van der Waals surface area contributed by atoms with E-state index in [4.69, 9.17) is 16.3 Å². The number of ether oxygens (including phenoxy) is 1. The Morgan fingerprint density at radius 3 is 2.58 bits per heavy atom. The fourth-order valence-corrected chi connectivity index (χ4v) is 5.68. The Balaban J connectivity index is 1.45. The van der Waals surface area contributed by atoms with Gasteiger partial charge in [-0.3, -0.25) is 14.4 Å². The van der Waals surface area contributed by atoms with Crippen LogP contribution in [-0.2, 0) is 19.1 Å². The first-order valence-corrected chi connectivity index (χ1v) is 14.2. The quantitative estimate of drug-likeness (QED) is 0.345. The number of aromatic amines is 1. The van der Waals surface area contributed by atoms with Crippen LogP contribution in [-0.4, -0.2) is 95.9 Å². The Bertz CT molecular complexity index is 1340. The molecule has 0 radical (unpaired) electrons. The maximum atomic E-state index is 13.7. The second-order valence-corrected chi connectivity index (χ2v) is 10.7. The highest BCUT2D eigenvalue weighted by atomic mass is 35.5. The lowest BCUT2D eigenvalue weighted by molar-refractivity contribution is -0.140. The standard InChI is InChI=1S/C28H34ClN7O4/c29-21-17-31-25-19(21)6-5-8-22(25)32-26(20(16-30)27(38)35-12-14-40-15-13-35)33-23-7-1-2-11-36(28(23)39)18-24(37)34-9-3-4-10-34/h5-6,8,17,23,31-33H,1-4,7,9-15,18H2/b26-20-/t23-/m0/s1. The van der Waals surface area contributed by atoms with Gasteiger partial charge in [-0.05, 0) is 38.2 Å². The molecule has 212 valence electrons. The number of likely N-dealkylation sites (tertiary alicyclic amines) is 2. The minimum atomic E-state index is -0.719. The summed E-state index contributed by atoms with van der Waals surface area (Å²) in [7, 11) is 0. The first kappa shape index (κ1) is 27.8. The van der Waals surface area contributed by atoms with Gasteiger partial charge in [0.15, 0.2) is 5.57 Å². The molecule has 0 bridgehead atoms. The zero-order chi connectivity index (χ0) is 28.1. The number of amides is 3. The van der Waals surface area contributed by atoms with Crippen LogP contribution in [0.5, 0.6) is 0 Å². The van der Waals surface area contributed by atoms with Crippen molar-refractivity contribution in [3.63, 3.8) is 0 Å². The minimum absolute atomic E-state index is 0.0294. The maximum Gasteiger partial charge on any atom is 0.268 e. The Kier molecular flexibility index (Phi) is 8.77. The topological polar surface area (TPSA) is 134 Å². The average Bonchev–Trinajstić information content (AvgIpc) is 3.62. The summed E-state index contributed by atoms with van der Waals surface area (Å²) in [6.07, 6.45) is 5.66. The number of nitrogens with one attached hydrogen (secondary N) is 3. The zero-order valence-corrected chi connectivity index (χ0v) is 23.1. The number of carbonyl (C=O) groups is 3. The molecule has 5 rings (SSSR count). The molecule has 3 aliphatic rings. The van der Waals surface area contributed by atoms with E-state index in [1.165, 1.54) is 0 Å². The number of benzene rings is 1. The molecule has 1 aromatic carbocycles. The van der Waals surface area contributed by atoms with Gasteiger partial charge in [-0.1, -0.05) is 23.7 Å². The van der Waals surface area contributed by atoms with Crippen LogP contribution in [0.2, 0.25) is 5.02 Å². The van der Waals surface area contributed by atoms with Gasteiger partial charge in [0.05, 0.1) is 36.0 Å². The summed E-state index contributed by atoms with van der Waals surface area (Å²) >= 11 is 6.33. The van der Waals surface area contributed by atoms with Gasteiger partial charge in [-0.2, -0.15) is 5.26 Å². The SMILES string of the molecule is N#C/C(C(=O)N1CCOCC1)=C(\Nc1cccc2c(Cl)c[nH]c12)N[C@H]1CCCCN(CC(=O)N2CCCC2)C1=O. The lowest BCUT2D eigenvalue weighted by Crippen LogP contribution is -2.50. The number of nitrogens with zero attached hydrogens (tertiary/aromatic N) is 4. The molecule has 0 saturated carbocycles. The third-order valence-electron chi connectivity index (χ3n) is 7.68. The number of fused-ring (bicyclic) bond motifs is 1. The van der Waals surface area contributed by atoms with Crippen molar-refractivity contribution in [3.05, 3.63) is 40.8 Å². The van der Waals surface area contributed by atoms with Crippen LogP contribution in [0.25, 0.3) is 10.9 Å². The van der Waals surface area contributed by atoms with Gasteiger partial charge in [0.1, 0.15) is 17.9 Å². The van der Waals surface area contributed by atoms with E-state index in [9.17, 15) is 19.6 Å². The molecule has 40 heavy (non-hydrogen) atoms. The first-order valence-electron chi connectivity index (χ1n) is 13.8. The van der Waals surface area contributed by atoms with Crippen LogP contribution in [0.15, 0.2) is 35.8 Å². The van der Waals surface area contributed by atoms with Gasteiger partial charge in [-0.15, -0.1) is 0 Å². The monoisotopic (exact) mass is 567 g/mol. The summed E-state index contributed by atoms with van der Waals surface area (Å²) in [5.74, 6) is -0.569. The third-order valence-corrected chi connectivity index (χ3v) is 8.00. The number of nitriles is 1. The van der Waals surface area contributed by atoms with Crippen LogP contribution in [0.4, 0.5) is 5.69 Å². The van der Waals surface area contributed by atoms with Gasteiger partial charge in [0.2, 0.25) is 11.8 Å². The molecular weight excluding hydrogens is 534 g/mol. The lowest BCUT2D eigenvalue weighted by Gasteiger charge is -2.29. The Labute approximate surface area is 238 Å². The molecule has 2 aromatic rings. The smallest absolute Gasteiger partial charge is 0.268 e. The molecule has 3 aliphatic heterocycles. The van der Waals surface area contributed by atoms with Crippen LogP contribution in [0.3, 0.4) is 0 Å². The number of aromatic nitrogens is 1. The van der Waals surface area contributed by atoms with E-state index in [-0.39, 0.29) is 29.8 Å². The van der Waals surface area contributed by atoms with Crippen molar-refractivity contribution in [2.75, 3.05) is 57.8 Å². The van der Waals surface area contributed by atoms with Gasteiger partial charge < -0.3 is 35.1 Å². The molecule has 0 aliphatic carbocycles. The van der Waals surface area contributed by atoms with E-state index in [0.717, 1.165) is 44.2 Å². The van der Waals surface area contributed by atoms with Crippen molar-refractivity contribution in [2.24, 2.45) is 0 Å². The molecule has 1 aromatic heterocycles. The average molecular weight is 568 g/mol. The molecule has 1 atom stereocenters. The summed E-state index contributed by atoms with van der Waals surface area (Å²) in [5.41, 5.74) is 1.16. The van der Waals surface area contributed by atoms with Crippen molar-refractivity contribution >= 4 is 45.9 Å². The van der Waals surface area contributed by atoms with Gasteiger partial charge >= 0.3 is 0 Å². The molecule has 3 amide bonds. The third kappa shape index (κ3) is 6.03. The van der Waals surface area contributed by atoms with E-state index in [2.05, 4.69) is 21.7 Å². The van der Waals surface area contributed by atoms with Gasteiger partial charge in [-0.25, -0.2) is 0 Å². The number of H-pyrrole nitrogens is 1. The molecule has 3 N–H and O–H groups in total. The maximum absolute atomic E-state index is 13.7. The number of carbonyl (C=O) groups excluding carboxylic acids is 3. The summed E-state index contributed by atoms with van der Waals surface area (Å²) in [6, 6.07) is 6.85. The number of rotatable bonds is 7. The Morgan fingerprint density at radius 2 is 1.82 bits per heavy atom. The van der Waals surface area contributed by atoms with Crippen LogP contribution >= 0.6 is 11.6 Å². The molecule has 4 heterocycles. The zero-order valence-electron chi connectivity index (χ0n) is 22.4. The number of para-hydroxylation sites is 1. The first-order chi connectivity index (χ1) is 19.5. The summed E-state index contributed by atoms with van der Waals surface area (Å²) in [4.78, 5) is 48.2. The fraction of sp³-hybridized carbons (Fsp3) is 0.500. The summed E-state index contributed by atoms with van der Waals surface area (Å²) in [6.45, 7) is 3.49. The number of morpholine rings is 1. The van der Waals surface area contributed by atoms with Crippen molar-refractivity contribution < 1.29 is 19.1 Å². The molecule has 0 unspecified atom stereocenters. The van der Waals surface area contributed by atoms with E-state index >= 15 is 0 Å². The second-order valence-electron chi connectivity index (χ2n) is 10.3. The predicted molar refractivity (Wildman–Crippen MR) is 150 cm³/mol. The van der Waals surface area contributed by atoms with Crippen LogP contribution in [0.1, 0.15) is 32.1 Å². The van der Waals surface area contributed by atoms with Gasteiger partial charge in [0.25, 0.3) is 5.91 Å². The fourth-order valence-electron chi connectivity index (χ4n) is 5.47. The molecule has 12 heteroatoms. The molecule has 3 fully saturated rings. The van der Waals surface area contributed by atoms with E-state index in [1.807, 2.05) is 17.0 Å². The summed E-state index contributed by atoms with van der Waals surface area (Å²) < 4.78 is 5.38. The number of halogens is 1. The number of hydrogen-bond donors (Lipinski definition) is 3. The van der Waals surface area contributed by atoms with Crippen LogP contribution in [0, 0.1) is 11.3 Å². The predicted octanol–water partition coefficient (Wildman–Crippen LogP) is 2.42. The van der Waals surface area contributed by atoms with Crippen molar-refractivity contribution in [1.29, 1.82) is 5.26 Å². The highest BCUT2D eigenvalue weighted by molar-refractivity contribution is 6.36.